The summed E-state index contributed by atoms with van der Waals surface area (Å²) in [4.78, 5) is 0. The van der Waals surface area contributed by atoms with Crippen LogP contribution in [0.25, 0.3) is 0 Å². The third-order valence-corrected chi connectivity index (χ3v) is 4.87. The summed E-state index contributed by atoms with van der Waals surface area (Å²) in [7, 11) is 0. The molecule has 2 fully saturated rings. The second-order valence-corrected chi connectivity index (χ2v) is 7.37. The Bertz CT molecular complexity index is 693. The molecule has 1 aromatic rings. The molecule has 5 nitrogen and oxygen atoms in total. The van der Waals surface area contributed by atoms with E-state index in [1.807, 2.05) is 0 Å². The highest BCUT2D eigenvalue weighted by Gasteiger charge is 2.33. The first-order valence-corrected chi connectivity index (χ1v) is 10.0. The van der Waals surface area contributed by atoms with Gasteiger partial charge in [0.05, 0.1) is 26.4 Å². The second-order valence-electron chi connectivity index (χ2n) is 7.37. The van der Waals surface area contributed by atoms with Crippen molar-refractivity contribution in [2.24, 2.45) is 11.8 Å². The zero-order valence-corrected chi connectivity index (χ0v) is 16.7. The molecule has 0 atom stereocenters. The molecule has 0 bridgehead atoms. The van der Waals surface area contributed by atoms with Gasteiger partial charge in [-0.25, -0.2) is 4.39 Å². The fourth-order valence-electron chi connectivity index (χ4n) is 3.31. The van der Waals surface area contributed by atoms with Gasteiger partial charge in [0, 0.05) is 17.4 Å². The predicted molar refractivity (Wildman–Crippen MR) is 99.1 cm³/mol. The Morgan fingerprint density at radius 3 is 2.33 bits per heavy atom. The minimum absolute atomic E-state index is 0.129. The van der Waals surface area contributed by atoms with E-state index in [2.05, 4.69) is 23.8 Å². The third-order valence-electron chi connectivity index (χ3n) is 4.87. The number of alkyl halides is 3. The van der Waals surface area contributed by atoms with Crippen LogP contribution in [0.5, 0.6) is 5.75 Å². The van der Waals surface area contributed by atoms with Crippen LogP contribution in [0.15, 0.2) is 30.4 Å². The first kappa shape index (κ1) is 23.0. The lowest BCUT2D eigenvalue weighted by Crippen LogP contribution is -2.33. The maximum Gasteiger partial charge on any atom is 0.573 e. The van der Waals surface area contributed by atoms with E-state index in [1.165, 1.54) is 6.07 Å². The van der Waals surface area contributed by atoms with Gasteiger partial charge in [0.2, 0.25) is 0 Å². The number of ether oxygens (including phenoxy) is 5. The van der Waals surface area contributed by atoms with Gasteiger partial charge >= 0.3 is 6.36 Å². The van der Waals surface area contributed by atoms with Gasteiger partial charge < -0.3 is 23.7 Å². The lowest BCUT2D eigenvalue weighted by Gasteiger charge is -2.32. The fraction of sp³-hybridized carbons (Fsp3) is 0.619. The molecule has 0 saturated carbocycles. The summed E-state index contributed by atoms with van der Waals surface area (Å²) in [5.74, 6) is -1.60. The minimum Gasteiger partial charge on any atom is -0.403 e. The molecule has 0 amide bonds. The fourth-order valence-corrected chi connectivity index (χ4v) is 3.31. The Morgan fingerprint density at radius 2 is 1.73 bits per heavy atom. The SMILES string of the molecule is CCC=C[C@H]1CO[C@H](CC[C@H]2CO[C@H](c3ccc(OC(F)(F)F)c(F)c3)OC2)OC1. The van der Waals surface area contributed by atoms with E-state index in [4.69, 9.17) is 18.9 Å². The van der Waals surface area contributed by atoms with E-state index in [0.717, 1.165) is 25.0 Å². The van der Waals surface area contributed by atoms with E-state index in [-0.39, 0.29) is 18.1 Å². The van der Waals surface area contributed by atoms with Gasteiger partial charge in [-0.15, -0.1) is 13.2 Å². The first-order chi connectivity index (χ1) is 14.3. The quantitative estimate of drug-likeness (QED) is 0.440. The van der Waals surface area contributed by atoms with Crippen molar-refractivity contribution in [2.45, 2.75) is 45.1 Å². The van der Waals surface area contributed by atoms with Crippen LogP contribution in [0.3, 0.4) is 0 Å². The number of benzene rings is 1. The highest BCUT2D eigenvalue weighted by Crippen LogP contribution is 2.32. The molecule has 2 heterocycles. The summed E-state index contributed by atoms with van der Waals surface area (Å²) < 4.78 is 76.9. The van der Waals surface area contributed by atoms with E-state index >= 15 is 0 Å². The van der Waals surface area contributed by atoms with Crippen LogP contribution in [-0.4, -0.2) is 39.1 Å². The summed E-state index contributed by atoms with van der Waals surface area (Å²) in [5, 5.41) is 0. The molecule has 2 aliphatic rings. The highest BCUT2D eigenvalue weighted by atomic mass is 19.4. The molecule has 0 radical (unpaired) electrons. The molecule has 1 aromatic carbocycles. The van der Waals surface area contributed by atoms with Gasteiger partial charge in [0.15, 0.2) is 24.1 Å². The molecule has 168 valence electrons. The summed E-state index contributed by atoms with van der Waals surface area (Å²) in [6.07, 6.45) is 0.669. The molecule has 30 heavy (non-hydrogen) atoms. The van der Waals surface area contributed by atoms with Crippen molar-refractivity contribution in [3.05, 3.63) is 41.7 Å². The largest absolute Gasteiger partial charge is 0.573 e. The Hall–Kier alpha value is -1.68. The van der Waals surface area contributed by atoms with Crippen molar-refractivity contribution < 1.29 is 41.2 Å². The topological polar surface area (TPSA) is 46.2 Å². The highest BCUT2D eigenvalue weighted by molar-refractivity contribution is 5.30. The van der Waals surface area contributed by atoms with E-state index in [0.29, 0.717) is 38.4 Å². The molecule has 9 heteroatoms. The van der Waals surface area contributed by atoms with E-state index < -0.39 is 24.2 Å². The van der Waals surface area contributed by atoms with Gasteiger partial charge in [-0.2, -0.15) is 0 Å². The lowest BCUT2D eigenvalue weighted by atomic mass is 10.0. The molecular formula is C21H26F4O5. The monoisotopic (exact) mass is 434 g/mol. The molecule has 0 N–H and O–H groups in total. The van der Waals surface area contributed by atoms with Gasteiger partial charge in [-0.1, -0.05) is 25.1 Å². The summed E-state index contributed by atoms with van der Waals surface area (Å²) >= 11 is 0. The molecule has 0 aliphatic carbocycles. The second kappa shape index (κ2) is 10.6. The summed E-state index contributed by atoms with van der Waals surface area (Å²) in [6.45, 7) is 4.14. The molecular weight excluding hydrogens is 408 g/mol. The lowest BCUT2D eigenvalue weighted by molar-refractivity contribution is -0.275. The smallest absolute Gasteiger partial charge is 0.403 e. The van der Waals surface area contributed by atoms with Crippen LogP contribution in [-0.2, 0) is 18.9 Å². The van der Waals surface area contributed by atoms with Gasteiger partial charge in [-0.05, 0) is 31.4 Å². The number of hydrogen-bond donors (Lipinski definition) is 0. The number of allylic oxidation sites excluding steroid dienone is 1. The van der Waals surface area contributed by atoms with Crippen LogP contribution >= 0.6 is 0 Å². The normalized spacial score (nSPS) is 28.0. The van der Waals surface area contributed by atoms with Gasteiger partial charge in [0.1, 0.15) is 0 Å². The van der Waals surface area contributed by atoms with Crippen molar-refractivity contribution in [1.29, 1.82) is 0 Å². The first-order valence-electron chi connectivity index (χ1n) is 10.0. The maximum absolute atomic E-state index is 13.9. The van der Waals surface area contributed by atoms with Crippen LogP contribution in [0.1, 0.15) is 38.0 Å². The third kappa shape index (κ3) is 6.94. The van der Waals surface area contributed by atoms with Crippen molar-refractivity contribution in [2.75, 3.05) is 26.4 Å². The molecule has 2 saturated heterocycles. The Kier molecular flexibility index (Phi) is 8.10. The zero-order chi connectivity index (χ0) is 21.6. The van der Waals surface area contributed by atoms with Crippen molar-refractivity contribution in [1.82, 2.24) is 0 Å². The molecule has 0 spiro atoms. The summed E-state index contributed by atoms with van der Waals surface area (Å²) in [5.41, 5.74) is 0.297. The van der Waals surface area contributed by atoms with Gasteiger partial charge in [-0.3, -0.25) is 0 Å². The Morgan fingerprint density at radius 1 is 1.03 bits per heavy atom. The Balaban J connectivity index is 1.40. The average molecular weight is 434 g/mol. The van der Waals surface area contributed by atoms with E-state index in [1.54, 1.807) is 0 Å². The van der Waals surface area contributed by atoms with Crippen LogP contribution in [0.4, 0.5) is 17.6 Å². The van der Waals surface area contributed by atoms with Gasteiger partial charge in [0.25, 0.3) is 0 Å². The Labute approximate surface area is 172 Å². The van der Waals surface area contributed by atoms with Crippen LogP contribution in [0.2, 0.25) is 0 Å². The standard InChI is InChI=1S/C21H26F4O5/c1-2-3-4-14-10-26-19(27-11-14)8-5-15-12-28-20(29-13-15)16-6-7-18(17(22)9-16)30-21(23,24)25/h3-4,6-7,9,14-15,19-20H,2,5,8,10-13H2,1H3/t14-,15-,19-,20-. The number of halogens is 4. The van der Waals surface area contributed by atoms with Crippen molar-refractivity contribution in [3.8, 4) is 5.75 Å². The van der Waals surface area contributed by atoms with Crippen LogP contribution < -0.4 is 4.74 Å². The number of hydrogen-bond acceptors (Lipinski definition) is 5. The van der Waals surface area contributed by atoms with Crippen molar-refractivity contribution >= 4 is 0 Å². The molecule has 3 rings (SSSR count). The minimum atomic E-state index is -4.95. The maximum atomic E-state index is 13.9. The molecule has 0 unspecified atom stereocenters. The average Bonchev–Trinajstić information content (AvgIpc) is 2.72. The van der Waals surface area contributed by atoms with E-state index in [9.17, 15) is 17.6 Å². The molecule has 2 aliphatic heterocycles. The summed E-state index contributed by atoms with van der Waals surface area (Å²) in [6, 6.07) is 3.14. The van der Waals surface area contributed by atoms with Crippen LogP contribution in [0, 0.1) is 17.7 Å². The predicted octanol–water partition coefficient (Wildman–Crippen LogP) is 5.12. The van der Waals surface area contributed by atoms with Crippen molar-refractivity contribution in [3.63, 3.8) is 0 Å². The number of rotatable bonds is 7. The molecule has 0 aromatic heterocycles. The zero-order valence-electron chi connectivity index (χ0n) is 16.7.